The predicted molar refractivity (Wildman–Crippen MR) is 64.2 cm³/mol. The first kappa shape index (κ1) is 11.7. The van der Waals surface area contributed by atoms with E-state index in [9.17, 15) is 0 Å². The molecule has 1 aromatic rings. The van der Waals surface area contributed by atoms with Crippen molar-refractivity contribution in [1.82, 2.24) is 5.32 Å². The zero-order valence-electron chi connectivity index (χ0n) is 8.63. The van der Waals surface area contributed by atoms with E-state index in [0.29, 0.717) is 12.6 Å². The van der Waals surface area contributed by atoms with Crippen LogP contribution < -0.4 is 11.1 Å². The normalized spacial score (nSPS) is 13.2. The second-order valence-corrected chi connectivity index (χ2v) is 4.58. The van der Waals surface area contributed by atoms with E-state index in [0.717, 1.165) is 4.47 Å². The third kappa shape index (κ3) is 3.40. The summed E-state index contributed by atoms with van der Waals surface area (Å²) in [5.74, 6) is 0. The van der Waals surface area contributed by atoms with Gasteiger partial charge in [-0.2, -0.15) is 0 Å². The Morgan fingerprint density at radius 2 is 2.14 bits per heavy atom. The first-order valence-corrected chi connectivity index (χ1v) is 5.64. The standard InChI is InChI=1S/C11H17BrN2/c1-8(2)14-11(7-13)9-4-3-5-10(12)6-9/h3-6,8,11,14H,7,13H2,1-2H3. The highest BCUT2D eigenvalue weighted by Gasteiger charge is 2.09. The lowest BCUT2D eigenvalue weighted by atomic mass is 10.1. The lowest BCUT2D eigenvalue weighted by Gasteiger charge is -2.20. The molecule has 0 saturated carbocycles. The summed E-state index contributed by atoms with van der Waals surface area (Å²) < 4.78 is 1.10. The van der Waals surface area contributed by atoms with Crippen molar-refractivity contribution in [3.05, 3.63) is 34.3 Å². The Morgan fingerprint density at radius 3 is 2.64 bits per heavy atom. The van der Waals surface area contributed by atoms with E-state index in [4.69, 9.17) is 5.73 Å². The summed E-state index contributed by atoms with van der Waals surface area (Å²) in [6.07, 6.45) is 0. The summed E-state index contributed by atoms with van der Waals surface area (Å²) in [4.78, 5) is 0. The van der Waals surface area contributed by atoms with Gasteiger partial charge in [0.25, 0.3) is 0 Å². The van der Waals surface area contributed by atoms with Gasteiger partial charge in [-0.15, -0.1) is 0 Å². The Morgan fingerprint density at radius 1 is 1.43 bits per heavy atom. The molecule has 0 radical (unpaired) electrons. The average molecular weight is 257 g/mol. The minimum absolute atomic E-state index is 0.243. The number of halogens is 1. The molecular formula is C11H17BrN2. The monoisotopic (exact) mass is 256 g/mol. The van der Waals surface area contributed by atoms with Gasteiger partial charge in [0.1, 0.15) is 0 Å². The van der Waals surface area contributed by atoms with Crippen LogP contribution in [0.25, 0.3) is 0 Å². The lowest BCUT2D eigenvalue weighted by Crippen LogP contribution is -2.33. The van der Waals surface area contributed by atoms with Crippen molar-refractivity contribution in [3.63, 3.8) is 0 Å². The van der Waals surface area contributed by atoms with Crippen molar-refractivity contribution in [3.8, 4) is 0 Å². The van der Waals surface area contributed by atoms with Crippen molar-refractivity contribution in [1.29, 1.82) is 0 Å². The molecule has 0 amide bonds. The smallest absolute Gasteiger partial charge is 0.0446 e. The highest BCUT2D eigenvalue weighted by Crippen LogP contribution is 2.17. The quantitative estimate of drug-likeness (QED) is 0.869. The number of hydrogen-bond donors (Lipinski definition) is 2. The summed E-state index contributed by atoms with van der Waals surface area (Å²) in [5, 5.41) is 3.43. The van der Waals surface area contributed by atoms with Gasteiger partial charge in [-0.25, -0.2) is 0 Å². The van der Waals surface area contributed by atoms with Crippen LogP contribution in [0.5, 0.6) is 0 Å². The van der Waals surface area contributed by atoms with Gasteiger partial charge in [0.05, 0.1) is 0 Å². The second kappa shape index (κ2) is 5.49. The Labute approximate surface area is 94.0 Å². The van der Waals surface area contributed by atoms with E-state index in [1.54, 1.807) is 0 Å². The van der Waals surface area contributed by atoms with Crippen LogP contribution >= 0.6 is 15.9 Å². The van der Waals surface area contributed by atoms with E-state index < -0.39 is 0 Å². The molecule has 0 saturated heterocycles. The molecule has 1 rings (SSSR count). The molecule has 3 heteroatoms. The minimum atomic E-state index is 0.243. The average Bonchev–Trinajstić information content (AvgIpc) is 2.14. The fourth-order valence-electron chi connectivity index (χ4n) is 1.43. The van der Waals surface area contributed by atoms with E-state index in [1.165, 1.54) is 5.56 Å². The molecule has 1 atom stereocenters. The maximum atomic E-state index is 5.73. The van der Waals surface area contributed by atoms with E-state index in [2.05, 4.69) is 47.2 Å². The Balaban J connectivity index is 2.78. The van der Waals surface area contributed by atoms with Gasteiger partial charge in [-0.3, -0.25) is 0 Å². The molecule has 0 fully saturated rings. The van der Waals surface area contributed by atoms with Crippen molar-refractivity contribution in [2.45, 2.75) is 25.9 Å². The van der Waals surface area contributed by atoms with Crippen LogP contribution in [-0.2, 0) is 0 Å². The first-order valence-electron chi connectivity index (χ1n) is 4.85. The summed E-state index contributed by atoms with van der Waals surface area (Å²) in [6.45, 7) is 4.87. The number of hydrogen-bond acceptors (Lipinski definition) is 2. The van der Waals surface area contributed by atoms with Crippen LogP contribution in [0.2, 0.25) is 0 Å². The summed E-state index contributed by atoms with van der Waals surface area (Å²) in [5.41, 5.74) is 6.96. The van der Waals surface area contributed by atoms with Crippen LogP contribution in [0.4, 0.5) is 0 Å². The SMILES string of the molecule is CC(C)NC(CN)c1cccc(Br)c1. The summed E-state index contributed by atoms with van der Waals surface area (Å²) in [7, 11) is 0. The maximum Gasteiger partial charge on any atom is 0.0446 e. The van der Waals surface area contributed by atoms with Crippen molar-refractivity contribution < 1.29 is 0 Å². The van der Waals surface area contributed by atoms with Gasteiger partial charge in [0.15, 0.2) is 0 Å². The van der Waals surface area contributed by atoms with E-state index >= 15 is 0 Å². The molecule has 1 aromatic carbocycles. The van der Waals surface area contributed by atoms with Gasteiger partial charge in [-0.05, 0) is 17.7 Å². The summed E-state index contributed by atoms with van der Waals surface area (Å²) >= 11 is 3.46. The predicted octanol–water partition coefficient (Wildman–Crippen LogP) is 2.45. The van der Waals surface area contributed by atoms with Crippen LogP contribution in [0.3, 0.4) is 0 Å². The second-order valence-electron chi connectivity index (χ2n) is 3.66. The largest absolute Gasteiger partial charge is 0.329 e. The number of nitrogens with two attached hydrogens (primary N) is 1. The molecule has 0 aliphatic heterocycles. The molecule has 0 aliphatic rings. The number of benzene rings is 1. The molecule has 3 N–H and O–H groups in total. The van der Waals surface area contributed by atoms with Crippen LogP contribution in [0, 0.1) is 0 Å². The first-order chi connectivity index (χ1) is 6.63. The van der Waals surface area contributed by atoms with E-state index in [-0.39, 0.29) is 6.04 Å². The minimum Gasteiger partial charge on any atom is -0.329 e. The molecular weight excluding hydrogens is 240 g/mol. The molecule has 14 heavy (non-hydrogen) atoms. The van der Waals surface area contributed by atoms with Crippen LogP contribution in [0.15, 0.2) is 28.7 Å². The third-order valence-corrected chi connectivity index (χ3v) is 2.51. The van der Waals surface area contributed by atoms with Crippen LogP contribution in [-0.4, -0.2) is 12.6 Å². The van der Waals surface area contributed by atoms with Gasteiger partial charge in [0.2, 0.25) is 0 Å². The van der Waals surface area contributed by atoms with Crippen molar-refractivity contribution in [2.75, 3.05) is 6.54 Å². The molecule has 2 nitrogen and oxygen atoms in total. The Bertz CT molecular complexity index is 286. The van der Waals surface area contributed by atoms with Crippen molar-refractivity contribution in [2.24, 2.45) is 5.73 Å². The molecule has 0 bridgehead atoms. The molecule has 78 valence electrons. The maximum absolute atomic E-state index is 5.73. The molecule has 0 aromatic heterocycles. The number of nitrogens with one attached hydrogen (secondary N) is 1. The third-order valence-electron chi connectivity index (χ3n) is 2.02. The highest BCUT2D eigenvalue weighted by atomic mass is 79.9. The Kier molecular flexibility index (Phi) is 4.58. The fourth-order valence-corrected chi connectivity index (χ4v) is 1.84. The molecule has 0 heterocycles. The molecule has 0 aliphatic carbocycles. The lowest BCUT2D eigenvalue weighted by molar-refractivity contribution is 0.483. The van der Waals surface area contributed by atoms with Crippen molar-refractivity contribution >= 4 is 15.9 Å². The highest BCUT2D eigenvalue weighted by molar-refractivity contribution is 9.10. The van der Waals surface area contributed by atoms with Crippen LogP contribution in [0.1, 0.15) is 25.5 Å². The molecule has 1 unspecified atom stereocenters. The zero-order chi connectivity index (χ0) is 10.6. The zero-order valence-corrected chi connectivity index (χ0v) is 10.2. The van der Waals surface area contributed by atoms with Gasteiger partial charge in [0, 0.05) is 23.1 Å². The molecule has 0 spiro atoms. The Hall–Kier alpha value is -0.380. The van der Waals surface area contributed by atoms with Gasteiger partial charge in [-0.1, -0.05) is 41.9 Å². The summed E-state index contributed by atoms with van der Waals surface area (Å²) in [6, 6.07) is 8.94. The fraction of sp³-hybridized carbons (Fsp3) is 0.455. The topological polar surface area (TPSA) is 38.0 Å². The van der Waals surface area contributed by atoms with Gasteiger partial charge < -0.3 is 11.1 Å². The van der Waals surface area contributed by atoms with E-state index in [1.807, 2.05) is 12.1 Å². The number of rotatable bonds is 4. The van der Waals surface area contributed by atoms with Gasteiger partial charge >= 0.3 is 0 Å².